The van der Waals surface area contributed by atoms with E-state index in [1.165, 1.54) is 34.0 Å². The van der Waals surface area contributed by atoms with Crippen molar-refractivity contribution < 1.29 is 0 Å². The van der Waals surface area contributed by atoms with Gasteiger partial charge in [-0.2, -0.15) is 5.26 Å². The van der Waals surface area contributed by atoms with Crippen LogP contribution in [0.5, 0.6) is 0 Å². The van der Waals surface area contributed by atoms with Gasteiger partial charge in [-0.1, -0.05) is 48.2 Å². The van der Waals surface area contributed by atoms with Crippen molar-refractivity contribution >= 4 is 54.3 Å². The highest BCUT2D eigenvalue weighted by Crippen LogP contribution is 2.32. The van der Waals surface area contributed by atoms with Crippen molar-refractivity contribution in [3.8, 4) is 6.07 Å². The summed E-state index contributed by atoms with van der Waals surface area (Å²) in [6.07, 6.45) is 2.71. The van der Waals surface area contributed by atoms with E-state index in [0.717, 1.165) is 21.1 Å². The van der Waals surface area contributed by atoms with Crippen LogP contribution in [-0.2, 0) is 13.0 Å². The molecule has 0 saturated carbocycles. The average molecular weight is 417 g/mol. The number of hydrogen-bond acceptors (Lipinski definition) is 5. The summed E-state index contributed by atoms with van der Waals surface area (Å²) in [7, 11) is 0. The van der Waals surface area contributed by atoms with Crippen molar-refractivity contribution in [2.45, 2.75) is 18.1 Å². The number of nitrogens with zero attached hydrogens (tertiary/aromatic N) is 3. The number of thiophene rings is 1. The Morgan fingerprint density at radius 1 is 1.14 bits per heavy atom. The first-order chi connectivity index (χ1) is 14.3. The Balaban J connectivity index is 1.61. The fraction of sp³-hybridized carbons (Fsp3) is 0.136. The van der Waals surface area contributed by atoms with Gasteiger partial charge in [-0.05, 0) is 24.1 Å². The van der Waals surface area contributed by atoms with E-state index in [1.807, 2.05) is 48.7 Å². The largest absolute Gasteiger partial charge is 0.361 e. The van der Waals surface area contributed by atoms with Crippen molar-refractivity contribution in [1.29, 1.82) is 5.26 Å². The van der Waals surface area contributed by atoms with E-state index in [-0.39, 0.29) is 11.3 Å². The smallest absolute Gasteiger partial charge is 0.272 e. The number of aromatic nitrogens is 3. The van der Waals surface area contributed by atoms with Gasteiger partial charge in [0, 0.05) is 33.7 Å². The molecule has 0 saturated heterocycles. The number of benzene rings is 2. The molecule has 0 bridgehead atoms. The summed E-state index contributed by atoms with van der Waals surface area (Å²) in [4.78, 5) is 21.4. The molecular weight excluding hydrogens is 400 g/mol. The molecule has 0 spiro atoms. The molecule has 0 aliphatic carbocycles. The molecule has 142 valence electrons. The molecule has 0 atom stereocenters. The SMILES string of the molecule is N#CCSc1nc2c(sc3ccccc32)c(=O)n1CCc1c[nH]c2ccccc12. The van der Waals surface area contributed by atoms with Crippen LogP contribution in [0.1, 0.15) is 5.56 Å². The zero-order valence-corrected chi connectivity index (χ0v) is 17.0. The van der Waals surface area contributed by atoms with Crippen molar-refractivity contribution in [3.63, 3.8) is 0 Å². The normalized spacial score (nSPS) is 11.4. The van der Waals surface area contributed by atoms with Gasteiger partial charge in [0.1, 0.15) is 4.70 Å². The molecule has 3 aromatic heterocycles. The zero-order valence-electron chi connectivity index (χ0n) is 15.4. The zero-order chi connectivity index (χ0) is 19.8. The van der Waals surface area contributed by atoms with Crippen LogP contribution in [0.15, 0.2) is 64.7 Å². The molecule has 0 aliphatic rings. The summed E-state index contributed by atoms with van der Waals surface area (Å²) in [5.74, 6) is 0.257. The molecule has 0 fully saturated rings. The maximum Gasteiger partial charge on any atom is 0.272 e. The lowest BCUT2D eigenvalue weighted by Crippen LogP contribution is -2.23. The molecule has 0 radical (unpaired) electrons. The number of fused-ring (bicyclic) bond motifs is 4. The Hall–Kier alpha value is -3.08. The lowest BCUT2D eigenvalue weighted by molar-refractivity contribution is 0.598. The summed E-state index contributed by atoms with van der Waals surface area (Å²) in [5.41, 5.74) is 2.96. The standard InChI is InChI=1S/C22H16N4OS2/c23-10-12-28-22-25-19-16-6-2-4-8-18(16)29-20(19)21(27)26(22)11-9-14-13-24-17-7-3-1-5-15(14)17/h1-8,13,24H,9,11-12H2. The molecule has 5 aromatic rings. The fourth-order valence-electron chi connectivity index (χ4n) is 3.63. The monoisotopic (exact) mass is 416 g/mol. The number of aryl methyl sites for hydroxylation is 1. The van der Waals surface area contributed by atoms with Gasteiger partial charge in [0.05, 0.1) is 17.3 Å². The van der Waals surface area contributed by atoms with E-state index in [2.05, 4.69) is 17.1 Å². The highest BCUT2D eigenvalue weighted by atomic mass is 32.2. The number of nitriles is 1. The molecule has 5 rings (SSSR count). The third kappa shape index (κ3) is 3.11. The predicted octanol–water partition coefficient (Wildman–Crippen LogP) is 4.95. The van der Waals surface area contributed by atoms with Crippen LogP contribution in [0.2, 0.25) is 0 Å². The van der Waals surface area contributed by atoms with Crippen molar-refractivity contribution in [2.24, 2.45) is 0 Å². The van der Waals surface area contributed by atoms with Gasteiger partial charge < -0.3 is 4.98 Å². The lowest BCUT2D eigenvalue weighted by atomic mass is 10.1. The molecule has 3 heterocycles. The quantitative estimate of drug-likeness (QED) is 0.325. The van der Waals surface area contributed by atoms with Crippen LogP contribution in [-0.4, -0.2) is 20.3 Å². The lowest BCUT2D eigenvalue weighted by Gasteiger charge is -2.11. The fourth-order valence-corrected chi connectivity index (χ4v) is 5.40. The third-order valence-corrected chi connectivity index (χ3v) is 6.98. The molecule has 0 amide bonds. The number of H-pyrrole nitrogens is 1. The Kier molecular flexibility index (Phi) is 4.58. The first-order valence-electron chi connectivity index (χ1n) is 9.23. The summed E-state index contributed by atoms with van der Waals surface area (Å²) in [5, 5.41) is 11.8. The molecule has 29 heavy (non-hydrogen) atoms. The summed E-state index contributed by atoms with van der Waals surface area (Å²) >= 11 is 2.80. The predicted molar refractivity (Wildman–Crippen MR) is 120 cm³/mol. The number of aromatic amines is 1. The van der Waals surface area contributed by atoms with Gasteiger partial charge in [0.15, 0.2) is 5.16 Å². The van der Waals surface area contributed by atoms with Gasteiger partial charge in [0.25, 0.3) is 5.56 Å². The van der Waals surface area contributed by atoms with Crippen LogP contribution in [0.3, 0.4) is 0 Å². The van der Waals surface area contributed by atoms with Crippen molar-refractivity contribution in [3.05, 3.63) is 70.6 Å². The molecule has 5 nitrogen and oxygen atoms in total. The summed E-state index contributed by atoms with van der Waals surface area (Å²) < 4.78 is 3.45. The summed E-state index contributed by atoms with van der Waals surface area (Å²) in [6, 6.07) is 18.2. The van der Waals surface area contributed by atoms with Gasteiger partial charge in [-0.3, -0.25) is 9.36 Å². The number of hydrogen-bond donors (Lipinski definition) is 1. The molecule has 0 aliphatic heterocycles. The number of nitrogens with one attached hydrogen (secondary N) is 1. The minimum Gasteiger partial charge on any atom is -0.361 e. The maximum atomic E-state index is 13.3. The molecular formula is C22H16N4OS2. The second-order valence-electron chi connectivity index (χ2n) is 6.68. The third-order valence-electron chi connectivity index (χ3n) is 4.99. The maximum absolute atomic E-state index is 13.3. The van der Waals surface area contributed by atoms with E-state index in [0.29, 0.717) is 22.8 Å². The topological polar surface area (TPSA) is 74.5 Å². The average Bonchev–Trinajstić information content (AvgIpc) is 3.33. The second kappa shape index (κ2) is 7.39. The highest BCUT2D eigenvalue weighted by molar-refractivity contribution is 7.99. The number of rotatable bonds is 5. The second-order valence-corrected chi connectivity index (χ2v) is 8.68. The molecule has 2 aromatic carbocycles. The van der Waals surface area contributed by atoms with Crippen molar-refractivity contribution in [2.75, 3.05) is 5.75 Å². The van der Waals surface area contributed by atoms with E-state index >= 15 is 0 Å². The highest BCUT2D eigenvalue weighted by Gasteiger charge is 2.16. The van der Waals surface area contributed by atoms with E-state index in [1.54, 1.807) is 4.57 Å². The van der Waals surface area contributed by atoms with E-state index in [9.17, 15) is 4.79 Å². The van der Waals surface area contributed by atoms with E-state index in [4.69, 9.17) is 10.2 Å². The Bertz CT molecular complexity index is 1460. The Morgan fingerprint density at radius 3 is 2.79 bits per heavy atom. The van der Waals surface area contributed by atoms with Gasteiger partial charge in [0.2, 0.25) is 0 Å². The molecule has 7 heteroatoms. The Morgan fingerprint density at radius 2 is 1.93 bits per heavy atom. The minimum absolute atomic E-state index is 0.0310. The van der Waals surface area contributed by atoms with Crippen molar-refractivity contribution in [1.82, 2.24) is 14.5 Å². The first kappa shape index (κ1) is 18.0. The van der Waals surface area contributed by atoms with Crippen LogP contribution in [0.4, 0.5) is 0 Å². The number of thioether (sulfide) groups is 1. The summed E-state index contributed by atoms with van der Waals surface area (Å²) in [6.45, 7) is 0.519. The van der Waals surface area contributed by atoms with Gasteiger partial charge in [-0.25, -0.2) is 4.98 Å². The Labute approximate surface area is 174 Å². The van der Waals surface area contributed by atoms with Crippen LogP contribution >= 0.6 is 23.1 Å². The van der Waals surface area contributed by atoms with Crippen LogP contribution in [0.25, 0.3) is 31.2 Å². The number of para-hydroxylation sites is 1. The van der Waals surface area contributed by atoms with Crippen LogP contribution < -0.4 is 5.56 Å². The van der Waals surface area contributed by atoms with Crippen LogP contribution in [0, 0.1) is 11.3 Å². The molecule has 0 unspecified atom stereocenters. The van der Waals surface area contributed by atoms with Gasteiger partial charge in [-0.15, -0.1) is 11.3 Å². The van der Waals surface area contributed by atoms with E-state index < -0.39 is 0 Å². The first-order valence-corrected chi connectivity index (χ1v) is 11.0. The molecule has 1 N–H and O–H groups in total. The van der Waals surface area contributed by atoms with Gasteiger partial charge >= 0.3 is 0 Å². The minimum atomic E-state index is -0.0310.